The molecule has 1 saturated carbocycles. The Balaban J connectivity index is 1.59. The minimum absolute atomic E-state index is 0.0610. The molecule has 1 amide bonds. The first kappa shape index (κ1) is 20.7. The Morgan fingerprint density at radius 2 is 1.97 bits per heavy atom. The van der Waals surface area contributed by atoms with Crippen LogP contribution >= 0.6 is 0 Å². The number of nitrogens with zero attached hydrogens (tertiary/aromatic N) is 3. The third-order valence-electron chi connectivity index (χ3n) is 6.99. The lowest BCUT2D eigenvalue weighted by atomic mass is 9.85. The van der Waals surface area contributed by atoms with Gasteiger partial charge >= 0.3 is 5.97 Å². The van der Waals surface area contributed by atoms with E-state index in [2.05, 4.69) is 33.2 Å². The molecule has 0 spiro atoms. The summed E-state index contributed by atoms with van der Waals surface area (Å²) in [5.74, 6) is 0.731. The molecule has 0 radical (unpaired) electrons. The largest absolute Gasteiger partial charge is 0.481 e. The predicted molar refractivity (Wildman–Crippen MR) is 118 cm³/mol. The van der Waals surface area contributed by atoms with Crippen LogP contribution in [0.1, 0.15) is 74.3 Å². The maximum absolute atomic E-state index is 12.1. The van der Waals surface area contributed by atoms with Crippen molar-refractivity contribution < 1.29 is 19.2 Å². The summed E-state index contributed by atoms with van der Waals surface area (Å²) in [5.41, 5.74) is 4.72. The monoisotopic (exact) mass is 436 g/mol. The van der Waals surface area contributed by atoms with E-state index >= 15 is 0 Å². The van der Waals surface area contributed by atoms with Crippen molar-refractivity contribution in [2.24, 2.45) is 5.92 Å². The number of carbonyl (C=O) groups is 2. The van der Waals surface area contributed by atoms with Crippen molar-refractivity contribution in [2.75, 3.05) is 0 Å². The van der Waals surface area contributed by atoms with E-state index in [1.54, 1.807) is 0 Å². The van der Waals surface area contributed by atoms with Gasteiger partial charge in [0.05, 0.1) is 28.7 Å². The second kappa shape index (κ2) is 8.07. The Labute approximate surface area is 186 Å². The summed E-state index contributed by atoms with van der Waals surface area (Å²) in [6.45, 7) is 3.83. The molecular weight excluding hydrogens is 408 g/mol. The lowest BCUT2D eigenvalue weighted by Crippen LogP contribution is -2.35. The number of imidazole rings is 1. The van der Waals surface area contributed by atoms with Crippen molar-refractivity contribution in [3.63, 3.8) is 0 Å². The molecule has 8 nitrogen and oxygen atoms in total. The summed E-state index contributed by atoms with van der Waals surface area (Å²) < 4.78 is 7.62. The highest BCUT2D eigenvalue weighted by atomic mass is 16.5. The number of hydrogen-bond donors (Lipinski definition) is 2. The first-order chi connectivity index (χ1) is 15.4. The van der Waals surface area contributed by atoms with Crippen LogP contribution in [0.3, 0.4) is 0 Å². The molecule has 1 atom stereocenters. The molecule has 1 saturated heterocycles. The topological polar surface area (TPSA) is 110 Å². The van der Waals surface area contributed by atoms with E-state index in [1.807, 2.05) is 13.8 Å². The van der Waals surface area contributed by atoms with Gasteiger partial charge in [-0.25, -0.2) is 4.98 Å². The number of nitrogens with one attached hydrogen (secondary N) is 1. The highest BCUT2D eigenvalue weighted by Gasteiger charge is 2.32. The van der Waals surface area contributed by atoms with Crippen molar-refractivity contribution in [3.05, 3.63) is 35.5 Å². The third-order valence-corrected chi connectivity index (χ3v) is 6.99. The van der Waals surface area contributed by atoms with E-state index in [4.69, 9.17) is 9.51 Å². The SMILES string of the molecule is Cc1noc(C)c1-c1ccc2c(c1)nc(C1CCCC(=O)N1)n2C1CCC(C(=O)O)CC1. The van der Waals surface area contributed by atoms with E-state index in [-0.39, 0.29) is 23.9 Å². The number of amides is 1. The van der Waals surface area contributed by atoms with Crippen LogP contribution in [0, 0.1) is 19.8 Å². The average molecular weight is 437 g/mol. The standard InChI is InChI=1S/C24H28N4O4/c1-13-22(14(2)32-27-13)16-8-11-20-19(12-16)26-23(18-4-3-5-21(29)25-18)28(20)17-9-6-15(7-10-17)24(30)31/h8,11-12,15,17-18H,3-7,9-10H2,1-2H3,(H,25,29)(H,30,31). The summed E-state index contributed by atoms with van der Waals surface area (Å²) in [5, 5.41) is 16.6. The van der Waals surface area contributed by atoms with Crippen molar-refractivity contribution in [1.29, 1.82) is 0 Å². The van der Waals surface area contributed by atoms with Crippen LogP contribution in [0.4, 0.5) is 0 Å². The molecule has 5 rings (SSSR count). The summed E-state index contributed by atoms with van der Waals surface area (Å²) in [7, 11) is 0. The number of aliphatic carboxylic acids is 1. The summed E-state index contributed by atoms with van der Waals surface area (Å²) in [6.07, 6.45) is 5.16. The highest BCUT2D eigenvalue weighted by molar-refractivity contribution is 5.84. The van der Waals surface area contributed by atoms with Crippen LogP contribution in [-0.4, -0.2) is 31.7 Å². The van der Waals surface area contributed by atoms with Crippen LogP contribution in [-0.2, 0) is 9.59 Å². The number of carboxylic acid groups (broad SMARTS) is 1. The molecule has 1 aromatic carbocycles. The predicted octanol–water partition coefficient (Wildman–Crippen LogP) is 4.47. The number of fused-ring (bicyclic) bond motifs is 1. The second-order valence-corrected chi connectivity index (χ2v) is 9.10. The zero-order valence-electron chi connectivity index (χ0n) is 18.4. The van der Waals surface area contributed by atoms with Crippen molar-refractivity contribution in [1.82, 2.24) is 20.0 Å². The Bertz CT molecular complexity index is 1170. The quantitative estimate of drug-likeness (QED) is 0.625. The van der Waals surface area contributed by atoms with Gasteiger partial charge in [-0.1, -0.05) is 11.2 Å². The molecule has 1 aliphatic heterocycles. The van der Waals surface area contributed by atoms with Gasteiger partial charge in [0.1, 0.15) is 11.6 Å². The Morgan fingerprint density at radius 1 is 1.19 bits per heavy atom. The summed E-state index contributed by atoms with van der Waals surface area (Å²) in [4.78, 5) is 28.6. The molecule has 3 heterocycles. The second-order valence-electron chi connectivity index (χ2n) is 9.10. The van der Waals surface area contributed by atoms with E-state index in [0.29, 0.717) is 19.3 Å². The number of aryl methyl sites for hydroxylation is 2. The maximum atomic E-state index is 12.1. The van der Waals surface area contributed by atoms with Crippen molar-refractivity contribution in [2.45, 2.75) is 70.9 Å². The average Bonchev–Trinajstić information content (AvgIpc) is 3.33. The van der Waals surface area contributed by atoms with Gasteiger partial charge in [0.2, 0.25) is 5.91 Å². The van der Waals surface area contributed by atoms with Gasteiger partial charge in [0, 0.05) is 18.0 Å². The van der Waals surface area contributed by atoms with Crippen LogP contribution in [0.25, 0.3) is 22.2 Å². The number of benzene rings is 1. The first-order valence-corrected chi connectivity index (χ1v) is 11.4. The van der Waals surface area contributed by atoms with Crippen LogP contribution in [0.15, 0.2) is 22.7 Å². The number of rotatable bonds is 4. The lowest BCUT2D eigenvalue weighted by molar-refractivity contribution is -0.143. The summed E-state index contributed by atoms with van der Waals surface area (Å²) >= 11 is 0. The smallest absolute Gasteiger partial charge is 0.306 e. The molecule has 3 aromatic rings. The van der Waals surface area contributed by atoms with Crippen LogP contribution in [0.2, 0.25) is 0 Å². The molecule has 1 unspecified atom stereocenters. The molecule has 2 aliphatic rings. The normalized spacial score (nSPS) is 23.9. The fraction of sp³-hybridized carbons (Fsp3) is 0.500. The minimum atomic E-state index is -0.706. The molecule has 168 valence electrons. The molecule has 8 heteroatoms. The van der Waals surface area contributed by atoms with Gasteiger partial charge in [0.15, 0.2) is 0 Å². The molecule has 2 fully saturated rings. The number of hydrogen-bond acceptors (Lipinski definition) is 5. The van der Waals surface area contributed by atoms with E-state index in [9.17, 15) is 14.7 Å². The van der Waals surface area contributed by atoms with Gasteiger partial charge in [-0.05, 0) is 70.1 Å². The Hall–Kier alpha value is -3.16. The molecule has 2 aromatic heterocycles. The number of aromatic nitrogens is 3. The van der Waals surface area contributed by atoms with Crippen LogP contribution in [0.5, 0.6) is 0 Å². The van der Waals surface area contributed by atoms with Gasteiger partial charge in [0.25, 0.3) is 0 Å². The molecule has 32 heavy (non-hydrogen) atoms. The Kier molecular flexibility index (Phi) is 5.23. The number of piperidine rings is 1. The third kappa shape index (κ3) is 3.57. The Morgan fingerprint density at radius 3 is 2.62 bits per heavy atom. The first-order valence-electron chi connectivity index (χ1n) is 11.4. The van der Waals surface area contributed by atoms with Crippen LogP contribution < -0.4 is 5.32 Å². The van der Waals surface area contributed by atoms with E-state index < -0.39 is 5.97 Å². The zero-order chi connectivity index (χ0) is 22.4. The fourth-order valence-electron chi connectivity index (χ4n) is 5.38. The highest BCUT2D eigenvalue weighted by Crippen LogP contribution is 2.39. The van der Waals surface area contributed by atoms with Gasteiger partial charge in [-0.2, -0.15) is 0 Å². The lowest BCUT2D eigenvalue weighted by Gasteiger charge is -2.31. The molecule has 1 aliphatic carbocycles. The maximum Gasteiger partial charge on any atom is 0.306 e. The van der Waals surface area contributed by atoms with Crippen molar-refractivity contribution >= 4 is 22.9 Å². The van der Waals surface area contributed by atoms with Gasteiger partial charge < -0.3 is 19.5 Å². The molecule has 0 bridgehead atoms. The number of carboxylic acids is 1. The number of carbonyl (C=O) groups excluding carboxylic acids is 1. The molecule has 2 N–H and O–H groups in total. The van der Waals surface area contributed by atoms with E-state index in [1.165, 1.54) is 0 Å². The van der Waals surface area contributed by atoms with E-state index in [0.717, 1.165) is 65.1 Å². The zero-order valence-corrected chi connectivity index (χ0v) is 18.4. The van der Waals surface area contributed by atoms with Crippen molar-refractivity contribution in [3.8, 4) is 11.1 Å². The van der Waals surface area contributed by atoms with Gasteiger partial charge in [-0.15, -0.1) is 0 Å². The minimum Gasteiger partial charge on any atom is -0.481 e. The van der Waals surface area contributed by atoms with Gasteiger partial charge in [-0.3, -0.25) is 9.59 Å². The fourth-order valence-corrected chi connectivity index (χ4v) is 5.38. The molecular formula is C24H28N4O4. The summed E-state index contributed by atoms with van der Waals surface area (Å²) in [6, 6.07) is 6.27.